The number of hydrogen-bond donors (Lipinski definition) is 2. The molecule has 0 aromatic carbocycles. The van der Waals surface area contributed by atoms with Gasteiger partial charge in [-0.25, -0.2) is 4.98 Å². The lowest BCUT2D eigenvalue weighted by molar-refractivity contribution is 0.194. The largest absolute Gasteiger partial charge is 0.392 e. The van der Waals surface area contributed by atoms with Gasteiger partial charge in [-0.15, -0.1) is 0 Å². The highest BCUT2D eigenvalue weighted by Crippen LogP contribution is 2.22. The third-order valence-electron chi connectivity index (χ3n) is 2.17. The molecule has 1 aromatic rings. The summed E-state index contributed by atoms with van der Waals surface area (Å²) in [4.78, 5) is 6.05. The van der Waals surface area contributed by atoms with Crippen LogP contribution in [0.4, 0.5) is 5.82 Å². The van der Waals surface area contributed by atoms with Crippen molar-refractivity contribution in [3.63, 3.8) is 0 Å². The highest BCUT2D eigenvalue weighted by molar-refractivity contribution is 5.47. The predicted molar refractivity (Wildman–Crippen MR) is 59.8 cm³/mol. The molecule has 2 N–H and O–H groups in total. The Morgan fingerprint density at radius 3 is 2.60 bits per heavy atom. The van der Waals surface area contributed by atoms with Crippen molar-refractivity contribution in [1.29, 1.82) is 0 Å². The highest BCUT2D eigenvalue weighted by Gasteiger charge is 2.13. The molecule has 0 spiro atoms. The van der Waals surface area contributed by atoms with Crippen molar-refractivity contribution in [2.45, 2.75) is 26.1 Å². The fraction of sp³-hybridized carbons (Fsp3) is 0.545. The van der Waals surface area contributed by atoms with Crippen LogP contribution in [-0.2, 0) is 0 Å². The van der Waals surface area contributed by atoms with Crippen LogP contribution in [-0.4, -0.2) is 34.9 Å². The van der Waals surface area contributed by atoms with Gasteiger partial charge in [0.2, 0.25) is 0 Å². The number of aromatic nitrogens is 1. The van der Waals surface area contributed by atoms with Gasteiger partial charge in [-0.1, -0.05) is 6.07 Å². The average molecular weight is 210 g/mol. The van der Waals surface area contributed by atoms with Gasteiger partial charge in [-0.2, -0.15) is 0 Å². The lowest BCUT2D eigenvalue weighted by Crippen LogP contribution is -2.28. The molecule has 0 saturated heterocycles. The Hall–Kier alpha value is -1.13. The lowest BCUT2D eigenvalue weighted by Gasteiger charge is -2.23. The van der Waals surface area contributed by atoms with E-state index in [0.29, 0.717) is 12.4 Å². The summed E-state index contributed by atoms with van der Waals surface area (Å²) in [5, 5.41) is 18.8. The number of aliphatic hydroxyl groups excluding tert-OH is 2. The van der Waals surface area contributed by atoms with Crippen molar-refractivity contribution in [3.8, 4) is 0 Å². The van der Waals surface area contributed by atoms with Gasteiger partial charge in [-0.3, -0.25) is 0 Å². The van der Waals surface area contributed by atoms with E-state index in [9.17, 15) is 10.2 Å². The summed E-state index contributed by atoms with van der Waals surface area (Å²) < 4.78 is 0. The molecule has 0 aliphatic carbocycles. The second kappa shape index (κ2) is 5.09. The molecule has 0 fully saturated rings. The summed E-state index contributed by atoms with van der Waals surface area (Å²) in [7, 11) is 1.85. The van der Waals surface area contributed by atoms with E-state index in [0.717, 1.165) is 5.56 Å². The molecule has 4 nitrogen and oxygen atoms in total. The van der Waals surface area contributed by atoms with Crippen molar-refractivity contribution in [3.05, 3.63) is 23.9 Å². The number of rotatable bonds is 4. The first-order chi connectivity index (χ1) is 7.02. The molecule has 2 atom stereocenters. The number of nitrogens with zero attached hydrogens (tertiary/aromatic N) is 2. The third-order valence-corrected chi connectivity index (χ3v) is 2.17. The van der Waals surface area contributed by atoms with Gasteiger partial charge in [0.25, 0.3) is 0 Å². The molecule has 0 radical (unpaired) electrons. The maximum atomic E-state index is 9.56. The molecule has 1 heterocycles. The number of aliphatic hydroxyl groups is 2. The van der Waals surface area contributed by atoms with Crippen LogP contribution in [0.3, 0.4) is 0 Å². The monoisotopic (exact) mass is 210 g/mol. The van der Waals surface area contributed by atoms with E-state index in [1.807, 2.05) is 18.0 Å². The zero-order valence-corrected chi connectivity index (χ0v) is 9.38. The van der Waals surface area contributed by atoms with Crippen molar-refractivity contribution in [2.75, 3.05) is 18.5 Å². The third kappa shape index (κ3) is 3.18. The summed E-state index contributed by atoms with van der Waals surface area (Å²) in [6.07, 6.45) is 0.712. The van der Waals surface area contributed by atoms with E-state index in [1.165, 1.54) is 0 Å². The Labute approximate surface area is 90.2 Å². The Morgan fingerprint density at radius 2 is 2.07 bits per heavy atom. The fourth-order valence-electron chi connectivity index (χ4n) is 1.54. The van der Waals surface area contributed by atoms with Gasteiger partial charge in [-0.05, 0) is 19.9 Å². The minimum Gasteiger partial charge on any atom is -0.392 e. The molecule has 0 amide bonds. The number of hydrogen-bond acceptors (Lipinski definition) is 4. The van der Waals surface area contributed by atoms with Crippen molar-refractivity contribution < 1.29 is 10.2 Å². The topological polar surface area (TPSA) is 56.6 Å². The van der Waals surface area contributed by atoms with Crippen LogP contribution in [0.1, 0.15) is 25.5 Å². The molecular formula is C11H18N2O2. The van der Waals surface area contributed by atoms with Crippen molar-refractivity contribution >= 4 is 5.82 Å². The summed E-state index contributed by atoms with van der Waals surface area (Å²) in [5.41, 5.74) is 0.778. The zero-order chi connectivity index (χ0) is 11.4. The minimum atomic E-state index is -0.551. The minimum absolute atomic E-state index is 0.418. The van der Waals surface area contributed by atoms with Gasteiger partial charge in [0.1, 0.15) is 5.82 Å². The smallest absolute Gasteiger partial charge is 0.134 e. The van der Waals surface area contributed by atoms with Crippen LogP contribution in [0, 0.1) is 0 Å². The van der Waals surface area contributed by atoms with Crippen LogP contribution in [0.15, 0.2) is 18.3 Å². The Balaban J connectivity index is 2.92. The quantitative estimate of drug-likeness (QED) is 0.777. The highest BCUT2D eigenvalue weighted by atomic mass is 16.3. The normalized spacial score (nSPS) is 14.7. The fourth-order valence-corrected chi connectivity index (χ4v) is 1.54. The van der Waals surface area contributed by atoms with Crippen molar-refractivity contribution in [1.82, 2.24) is 4.98 Å². The molecule has 0 saturated carbocycles. The maximum Gasteiger partial charge on any atom is 0.134 e. The molecule has 4 heteroatoms. The van der Waals surface area contributed by atoms with Crippen LogP contribution >= 0.6 is 0 Å². The molecule has 15 heavy (non-hydrogen) atoms. The van der Waals surface area contributed by atoms with Gasteiger partial charge in [0.05, 0.1) is 12.2 Å². The van der Waals surface area contributed by atoms with E-state index in [-0.39, 0.29) is 0 Å². The van der Waals surface area contributed by atoms with Crippen LogP contribution in [0.2, 0.25) is 0 Å². The van der Waals surface area contributed by atoms with E-state index in [1.54, 1.807) is 26.1 Å². The Kier molecular flexibility index (Phi) is 4.05. The molecule has 1 rings (SSSR count). The molecule has 0 bridgehead atoms. The Morgan fingerprint density at radius 1 is 1.40 bits per heavy atom. The van der Waals surface area contributed by atoms with Gasteiger partial charge in [0, 0.05) is 25.4 Å². The van der Waals surface area contributed by atoms with Crippen molar-refractivity contribution in [2.24, 2.45) is 0 Å². The second-order valence-electron chi connectivity index (χ2n) is 3.82. The zero-order valence-electron chi connectivity index (χ0n) is 9.38. The lowest BCUT2D eigenvalue weighted by atomic mass is 10.1. The van der Waals surface area contributed by atoms with E-state index >= 15 is 0 Å². The van der Waals surface area contributed by atoms with E-state index in [2.05, 4.69) is 4.98 Å². The molecule has 1 aromatic heterocycles. The number of likely N-dealkylation sites (N-methyl/N-ethyl adjacent to an activating group) is 1. The Bertz CT molecular complexity index is 313. The molecule has 0 aliphatic heterocycles. The average Bonchev–Trinajstić information content (AvgIpc) is 2.16. The standard InChI is InChI=1S/C11H18N2O2/c1-8(14)7-13(3)11-10(9(2)15)5-4-6-12-11/h4-6,8-9,14-15H,7H2,1-3H3. The molecule has 2 unspecified atom stereocenters. The SMILES string of the molecule is CC(O)CN(C)c1ncccc1C(C)O. The molecule has 0 aliphatic rings. The molecule has 84 valence electrons. The first-order valence-electron chi connectivity index (χ1n) is 5.04. The number of anilines is 1. The maximum absolute atomic E-state index is 9.56. The number of pyridine rings is 1. The van der Waals surface area contributed by atoms with Crippen LogP contribution in [0.5, 0.6) is 0 Å². The summed E-state index contributed by atoms with van der Waals surface area (Å²) in [6.45, 7) is 3.93. The van der Waals surface area contributed by atoms with Crippen LogP contribution < -0.4 is 4.90 Å². The first-order valence-corrected chi connectivity index (χ1v) is 5.04. The molecular weight excluding hydrogens is 192 g/mol. The predicted octanol–water partition coefficient (Wildman–Crippen LogP) is 0.952. The summed E-state index contributed by atoms with van der Waals surface area (Å²) in [6, 6.07) is 3.63. The van der Waals surface area contributed by atoms with E-state index < -0.39 is 12.2 Å². The van der Waals surface area contributed by atoms with Gasteiger partial charge < -0.3 is 15.1 Å². The van der Waals surface area contributed by atoms with E-state index in [4.69, 9.17) is 0 Å². The van der Waals surface area contributed by atoms with Crippen LogP contribution in [0.25, 0.3) is 0 Å². The van der Waals surface area contributed by atoms with Gasteiger partial charge >= 0.3 is 0 Å². The first kappa shape index (κ1) is 11.9. The summed E-state index contributed by atoms with van der Waals surface area (Å²) >= 11 is 0. The van der Waals surface area contributed by atoms with Gasteiger partial charge in [0.15, 0.2) is 0 Å². The second-order valence-corrected chi connectivity index (χ2v) is 3.82. The summed E-state index contributed by atoms with van der Waals surface area (Å²) in [5.74, 6) is 0.716.